The van der Waals surface area contributed by atoms with Gasteiger partial charge in [-0.25, -0.2) is 15.0 Å². The molecule has 4 rings (SSSR count). The summed E-state index contributed by atoms with van der Waals surface area (Å²) in [5.41, 5.74) is 4.36. The van der Waals surface area contributed by atoms with Crippen molar-refractivity contribution in [1.82, 2.24) is 29.6 Å². The molecule has 0 unspecified atom stereocenters. The van der Waals surface area contributed by atoms with Crippen LogP contribution in [0.3, 0.4) is 0 Å². The van der Waals surface area contributed by atoms with Gasteiger partial charge < -0.3 is 10.1 Å². The third-order valence-corrected chi connectivity index (χ3v) is 5.32. The number of fused-ring (bicyclic) bond motifs is 1. The molecule has 0 aliphatic rings. The summed E-state index contributed by atoms with van der Waals surface area (Å²) in [6.07, 6.45) is 3.40. The Hall–Kier alpha value is -3.85. The first-order chi connectivity index (χ1) is 15.4. The quantitative estimate of drug-likeness (QED) is 0.501. The lowest BCUT2D eigenvalue weighted by atomic mass is 10.0. The number of anilines is 1. The molecular formula is C23H25N7O2. The van der Waals surface area contributed by atoms with Crippen molar-refractivity contribution in [2.75, 3.05) is 26.5 Å². The van der Waals surface area contributed by atoms with Crippen molar-refractivity contribution in [3.63, 3.8) is 0 Å². The van der Waals surface area contributed by atoms with Crippen LogP contribution in [0.4, 0.5) is 5.82 Å². The molecule has 0 radical (unpaired) electrons. The second-order valence-electron chi connectivity index (χ2n) is 7.69. The van der Waals surface area contributed by atoms with Gasteiger partial charge in [-0.15, -0.1) is 0 Å². The number of amides is 1. The molecule has 9 nitrogen and oxygen atoms in total. The van der Waals surface area contributed by atoms with E-state index in [4.69, 9.17) is 9.72 Å². The van der Waals surface area contributed by atoms with E-state index in [9.17, 15) is 4.79 Å². The number of ether oxygens (including phenoxy) is 1. The van der Waals surface area contributed by atoms with Crippen LogP contribution < -0.4 is 10.1 Å². The molecule has 1 amide bonds. The summed E-state index contributed by atoms with van der Waals surface area (Å²) in [5.74, 6) is 0.556. The van der Waals surface area contributed by atoms with E-state index >= 15 is 0 Å². The molecule has 1 aromatic carbocycles. The van der Waals surface area contributed by atoms with Crippen LogP contribution >= 0.6 is 0 Å². The van der Waals surface area contributed by atoms with Crippen LogP contribution in [0.25, 0.3) is 33.5 Å². The van der Waals surface area contributed by atoms with Gasteiger partial charge in [-0.2, -0.15) is 5.10 Å². The Morgan fingerprint density at radius 1 is 1.16 bits per heavy atom. The first-order valence-corrected chi connectivity index (χ1v) is 10.2. The Morgan fingerprint density at radius 2 is 1.91 bits per heavy atom. The lowest BCUT2D eigenvalue weighted by Gasteiger charge is -2.19. The lowest BCUT2D eigenvalue weighted by Crippen LogP contribution is -2.37. The van der Waals surface area contributed by atoms with Gasteiger partial charge in [0.2, 0.25) is 5.91 Å². The highest BCUT2D eigenvalue weighted by molar-refractivity contribution is 5.99. The van der Waals surface area contributed by atoms with E-state index in [1.165, 1.54) is 13.4 Å². The third-order valence-electron chi connectivity index (χ3n) is 5.32. The maximum Gasteiger partial charge on any atom is 0.242 e. The Kier molecular flexibility index (Phi) is 5.83. The van der Waals surface area contributed by atoms with E-state index in [2.05, 4.69) is 20.4 Å². The molecule has 32 heavy (non-hydrogen) atoms. The Morgan fingerprint density at radius 3 is 2.59 bits per heavy atom. The molecule has 0 aliphatic carbocycles. The molecule has 3 heterocycles. The number of nitrogens with zero attached hydrogens (tertiary/aromatic N) is 6. The maximum atomic E-state index is 12.7. The van der Waals surface area contributed by atoms with E-state index in [0.29, 0.717) is 28.3 Å². The van der Waals surface area contributed by atoms with Gasteiger partial charge in [-0.1, -0.05) is 30.3 Å². The zero-order valence-corrected chi connectivity index (χ0v) is 18.7. The molecule has 164 valence electrons. The number of hydrogen-bond donors (Lipinski definition) is 1. The number of pyridine rings is 1. The van der Waals surface area contributed by atoms with Gasteiger partial charge in [0.1, 0.15) is 23.2 Å². The fraction of sp³-hybridized carbons (Fsp3) is 0.261. The van der Waals surface area contributed by atoms with E-state index in [-0.39, 0.29) is 11.9 Å². The number of nitrogens with one attached hydrogen (secondary N) is 1. The summed E-state index contributed by atoms with van der Waals surface area (Å²) in [5, 5.41) is 7.51. The molecule has 0 saturated heterocycles. The van der Waals surface area contributed by atoms with Crippen LogP contribution in [-0.2, 0) is 11.8 Å². The van der Waals surface area contributed by atoms with Crippen LogP contribution in [0, 0.1) is 0 Å². The fourth-order valence-corrected chi connectivity index (χ4v) is 3.34. The predicted octanol–water partition coefficient (Wildman–Crippen LogP) is 2.99. The number of likely N-dealkylation sites (N-methyl/N-ethyl adjacent to an activating group) is 1. The third kappa shape index (κ3) is 4.02. The summed E-state index contributed by atoms with van der Waals surface area (Å²) in [6, 6.07) is 11.3. The topological polar surface area (TPSA) is 98.1 Å². The standard InChI is InChI=1S/C23H25N7O2/c1-14(29(2)3)23(31)27-22-18(32-5)11-17-21(26-22)20(25-13-24-17)16-12-30(4)28-19(16)15-9-7-6-8-10-15/h6-14H,1-5H3,(H,26,27,31)/t14-/m0/s1. The van der Waals surface area contributed by atoms with Crippen molar-refractivity contribution in [2.24, 2.45) is 7.05 Å². The smallest absolute Gasteiger partial charge is 0.242 e. The molecule has 1 N–H and O–H groups in total. The summed E-state index contributed by atoms with van der Waals surface area (Å²) >= 11 is 0. The first kappa shape index (κ1) is 21.4. The Labute approximate surface area is 186 Å². The lowest BCUT2D eigenvalue weighted by molar-refractivity contribution is -0.119. The van der Waals surface area contributed by atoms with Gasteiger partial charge in [0, 0.05) is 30.4 Å². The summed E-state index contributed by atoms with van der Waals surface area (Å²) in [6.45, 7) is 1.82. The van der Waals surface area contributed by atoms with Crippen LogP contribution in [-0.4, -0.2) is 62.8 Å². The molecule has 0 fully saturated rings. The van der Waals surface area contributed by atoms with Crippen molar-refractivity contribution in [3.05, 3.63) is 48.9 Å². The number of hydrogen-bond acceptors (Lipinski definition) is 7. The van der Waals surface area contributed by atoms with Gasteiger partial charge in [0.25, 0.3) is 0 Å². The fourth-order valence-electron chi connectivity index (χ4n) is 3.34. The molecule has 9 heteroatoms. The number of aryl methyl sites for hydroxylation is 1. The monoisotopic (exact) mass is 431 g/mol. The average molecular weight is 432 g/mol. The van der Waals surface area contributed by atoms with Crippen LogP contribution in [0.5, 0.6) is 5.75 Å². The highest BCUT2D eigenvalue weighted by Crippen LogP contribution is 2.35. The van der Waals surface area contributed by atoms with Gasteiger partial charge in [0.15, 0.2) is 11.6 Å². The normalized spacial score (nSPS) is 12.2. The zero-order valence-electron chi connectivity index (χ0n) is 18.7. The van der Waals surface area contributed by atoms with Gasteiger partial charge in [-0.3, -0.25) is 14.4 Å². The van der Waals surface area contributed by atoms with Crippen LogP contribution in [0.1, 0.15) is 6.92 Å². The Balaban J connectivity index is 1.87. The molecule has 3 aromatic heterocycles. The van der Waals surface area contributed by atoms with E-state index < -0.39 is 0 Å². The minimum absolute atomic E-state index is 0.190. The highest BCUT2D eigenvalue weighted by Gasteiger charge is 2.21. The number of carbonyl (C=O) groups is 1. The maximum absolute atomic E-state index is 12.7. The number of carbonyl (C=O) groups excluding carboxylic acids is 1. The first-order valence-electron chi connectivity index (χ1n) is 10.2. The Bertz CT molecular complexity index is 1270. The van der Waals surface area contributed by atoms with Crippen molar-refractivity contribution in [3.8, 4) is 28.3 Å². The molecular weight excluding hydrogens is 406 g/mol. The van der Waals surface area contributed by atoms with Crippen molar-refractivity contribution < 1.29 is 9.53 Å². The largest absolute Gasteiger partial charge is 0.493 e. The minimum atomic E-state index is -0.341. The number of methoxy groups -OCH3 is 1. The number of aromatic nitrogens is 5. The van der Waals surface area contributed by atoms with E-state index in [1.807, 2.05) is 69.5 Å². The highest BCUT2D eigenvalue weighted by atomic mass is 16.5. The van der Waals surface area contributed by atoms with Crippen LogP contribution in [0.15, 0.2) is 48.9 Å². The van der Waals surface area contributed by atoms with E-state index in [1.54, 1.807) is 10.7 Å². The van der Waals surface area contributed by atoms with Crippen molar-refractivity contribution in [2.45, 2.75) is 13.0 Å². The average Bonchev–Trinajstić information content (AvgIpc) is 3.19. The summed E-state index contributed by atoms with van der Waals surface area (Å²) in [7, 11) is 7.08. The van der Waals surface area contributed by atoms with Gasteiger partial charge in [-0.05, 0) is 21.0 Å². The second kappa shape index (κ2) is 8.72. The van der Waals surface area contributed by atoms with E-state index in [0.717, 1.165) is 16.8 Å². The van der Waals surface area contributed by atoms with Crippen molar-refractivity contribution >= 4 is 22.8 Å². The SMILES string of the molecule is COc1cc2ncnc(-c3cn(C)nc3-c3ccccc3)c2nc1NC(=O)[C@H](C)N(C)C. The van der Waals surface area contributed by atoms with Crippen molar-refractivity contribution in [1.29, 1.82) is 0 Å². The molecule has 0 saturated carbocycles. The minimum Gasteiger partial charge on any atom is -0.493 e. The summed E-state index contributed by atoms with van der Waals surface area (Å²) < 4.78 is 7.22. The van der Waals surface area contributed by atoms with Gasteiger partial charge in [0.05, 0.1) is 18.7 Å². The second-order valence-corrected chi connectivity index (χ2v) is 7.69. The molecule has 0 bridgehead atoms. The number of rotatable bonds is 6. The van der Waals surface area contributed by atoms with Gasteiger partial charge >= 0.3 is 0 Å². The molecule has 1 atom stereocenters. The molecule has 0 aliphatic heterocycles. The zero-order chi connectivity index (χ0) is 22.8. The molecule has 4 aromatic rings. The molecule has 0 spiro atoms. The summed E-state index contributed by atoms with van der Waals surface area (Å²) in [4.78, 5) is 28.1. The number of benzene rings is 1. The van der Waals surface area contributed by atoms with Crippen LogP contribution in [0.2, 0.25) is 0 Å². The predicted molar refractivity (Wildman–Crippen MR) is 123 cm³/mol.